The highest BCUT2D eigenvalue weighted by Crippen LogP contribution is 2.55. The Morgan fingerprint density at radius 3 is 2.24 bits per heavy atom. The van der Waals surface area contributed by atoms with Gasteiger partial charge in [0.05, 0.1) is 5.60 Å². The number of hydrogen-bond acceptors (Lipinski definition) is 2. The van der Waals surface area contributed by atoms with Gasteiger partial charge < -0.3 is 10.8 Å². The van der Waals surface area contributed by atoms with Crippen LogP contribution in [-0.4, -0.2) is 17.3 Å². The summed E-state index contributed by atoms with van der Waals surface area (Å²) >= 11 is 0. The molecule has 21 heavy (non-hydrogen) atoms. The van der Waals surface area contributed by atoms with E-state index in [1.165, 1.54) is 32.1 Å². The smallest absolute Gasteiger partial charge is 0.0718 e. The van der Waals surface area contributed by atoms with Crippen molar-refractivity contribution < 1.29 is 5.11 Å². The Balaban J connectivity index is 2.12. The van der Waals surface area contributed by atoms with Crippen molar-refractivity contribution in [2.24, 2.45) is 28.4 Å². The fraction of sp³-hybridized carbons (Fsp3) is 1.00. The predicted molar refractivity (Wildman–Crippen MR) is 90.1 cm³/mol. The van der Waals surface area contributed by atoms with E-state index in [-0.39, 0.29) is 5.41 Å². The van der Waals surface area contributed by atoms with Crippen LogP contribution in [0.25, 0.3) is 0 Å². The van der Waals surface area contributed by atoms with Gasteiger partial charge in [0.1, 0.15) is 0 Å². The van der Waals surface area contributed by atoms with Crippen LogP contribution in [-0.2, 0) is 0 Å². The molecule has 2 nitrogen and oxygen atoms in total. The zero-order chi connectivity index (χ0) is 15.7. The molecule has 2 saturated carbocycles. The number of hydrogen-bond donors (Lipinski definition) is 2. The van der Waals surface area contributed by atoms with Gasteiger partial charge in [0.15, 0.2) is 0 Å². The molecule has 0 spiro atoms. The lowest BCUT2D eigenvalue weighted by Gasteiger charge is -2.55. The second kappa shape index (κ2) is 6.20. The molecule has 2 heteroatoms. The van der Waals surface area contributed by atoms with Crippen LogP contribution in [0, 0.1) is 22.7 Å². The maximum atomic E-state index is 11.5. The van der Waals surface area contributed by atoms with Gasteiger partial charge >= 0.3 is 0 Å². The van der Waals surface area contributed by atoms with Crippen molar-refractivity contribution in [1.82, 2.24) is 0 Å². The predicted octanol–water partition coefficient (Wildman–Crippen LogP) is 4.50. The minimum absolute atomic E-state index is 0.0157. The van der Waals surface area contributed by atoms with E-state index in [2.05, 4.69) is 27.7 Å². The second-order valence-corrected chi connectivity index (χ2v) is 9.27. The molecule has 0 heterocycles. The molecule has 0 radical (unpaired) electrons. The first-order valence-corrected chi connectivity index (χ1v) is 9.14. The molecule has 0 saturated heterocycles. The van der Waals surface area contributed by atoms with Crippen LogP contribution in [0.15, 0.2) is 0 Å². The quantitative estimate of drug-likeness (QED) is 0.802. The molecule has 2 fully saturated rings. The maximum Gasteiger partial charge on any atom is 0.0718 e. The van der Waals surface area contributed by atoms with E-state index in [4.69, 9.17) is 5.73 Å². The monoisotopic (exact) mass is 295 g/mol. The summed E-state index contributed by atoms with van der Waals surface area (Å²) in [5.41, 5.74) is 6.14. The molecule has 2 rings (SSSR count). The van der Waals surface area contributed by atoms with Gasteiger partial charge in [0.2, 0.25) is 0 Å². The molecular formula is C19H37NO. The summed E-state index contributed by atoms with van der Waals surface area (Å²) in [7, 11) is 0. The zero-order valence-electron chi connectivity index (χ0n) is 14.8. The average molecular weight is 296 g/mol. The molecule has 2 aliphatic carbocycles. The fourth-order valence-corrected chi connectivity index (χ4v) is 4.98. The topological polar surface area (TPSA) is 46.2 Å². The molecule has 0 aliphatic heterocycles. The molecular weight excluding hydrogens is 258 g/mol. The van der Waals surface area contributed by atoms with Gasteiger partial charge in [-0.3, -0.25) is 0 Å². The Bertz CT molecular complexity index is 339. The van der Waals surface area contributed by atoms with Gasteiger partial charge in [-0.05, 0) is 62.2 Å². The standard InChI is InChI=1S/C19H37NO/c1-15(2)12-16-6-5-7-19(21,13-16)18(14-20)10-8-17(3,4)9-11-18/h15-16,21H,5-14,20H2,1-4H3. The van der Waals surface area contributed by atoms with E-state index >= 15 is 0 Å². The lowest BCUT2D eigenvalue weighted by Crippen LogP contribution is -2.57. The highest BCUT2D eigenvalue weighted by atomic mass is 16.3. The van der Waals surface area contributed by atoms with Gasteiger partial charge in [-0.1, -0.05) is 40.5 Å². The third kappa shape index (κ3) is 3.64. The third-order valence-electron chi connectivity index (χ3n) is 6.57. The molecule has 2 aliphatic rings. The van der Waals surface area contributed by atoms with E-state index < -0.39 is 5.60 Å². The first kappa shape index (κ1) is 17.3. The van der Waals surface area contributed by atoms with Crippen LogP contribution in [0.2, 0.25) is 0 Å². The third-order valence-corrected chi connectivity index (χ3v) is 6.57. The molecule has 0 aromatic heterocycles. The Labute approximate surface area is 131 Å². The Morgan fingerprint density at radius 2 is 1.71 bits per heavy atom. The van der Waals surface area contributed by atoms with E-state index in [1.807, 2.05) is 0 Å². The first-order valence-electron chi connectivity index (χ1n) is 9.14. The lowest BCUT2D eigenvalue weighted by molar-refractivity contribution is -0.143. The zero-order valence-corrected chi connectivity index (χ0v) is 14.8. The van der Waals surface area contributed by atoms with Gasteiger partial charge in [0.25, 0.3) is 0 Å². The Hall–Kier alpha value is -0.0800. The molecule has 3 N–H and O–H groups in total. The van der Waals surface area contributed by atoms with Gasteiger partial charge in [-0.15, -0.1) is 0 Å². The normalized spacial score (nSPS) is 35.9. The first-order chi connectivity index (χ1) is 9.72. The SMILES string of the molecule is CC(C)CC1CCCC(O)(C2(CN)CCC(C)(C)CC2)C1. The molecule has 124 valence electrons. The van der Waals surface area contributed by atoms with Gasteiger partial charge in [-0.25, -0.2) is 0 Å². The molecule has 0 aromatic rings. The molecule has 0 bridgehead atoms. The lowest BCUT2D eigenvalue weighted by atomic mass is 9.54. The van der Waals surface area contributed by atoms with Crippen LogP contribution in [0.3, 0.4) is 0 Å². The van der Waals surface area contributed by atoms with Crippen molar-refractivity contribution in [2.75, 3.05) is 6.54 Å². The number of aliphatic hydroxyl groups is 1. The van der Waals surface area contributed by atoms with Gasteiger partial charge in [0, 0.05) is 12.0 Å². The van der Waals surface area contributed by atoms with Crippen LogP contribution >= 0.6 is 0 Å². The largest absolute Gasteiger partial charge is 0.389 e. The minimum atomic E-state index is -0.504. The number of nitrogens with two attached hydrogens (primary N) is 1. The van der Waals surface area contributed by atoms with E-state index in [9.17, 15) is 5.11 Å². The average Bonchev–Trinajstić information content (AvgIpc) is 2.38. The molecule has 0 amide bonds. The Morgan fingerprint density at radius 1 is 1.10 bits per heavy atom. The van der Waals surface area contributed by atoms with Crippen molar-refractivity contribution in [3.63, 3.8) is 0 Å². The molecule has 2 atom stereocenters. The Kier molecular flexibility index (Phi) is 5.10. The van der Waals surface area contributed by atoms with Crippen LogP contribution in [0.5, 0.6) is 0 Å². The van der Waals surface area contributed by atoms with Crippen LogP contribution in [0.1, 0.15) is 85.5 Å². The maximum absolute atomic E-state index is 11.5. The van der Waals surface area contributed by atoms with Crippen LogP contribution < -0.4 is 5.73 Å². The highest BCUT2D eigenvalue weighted by molar-refractivity contribution is 5.05. The van der Waals surface area contributed by atoms with Gasteiger partial charge in [-0.2, -0.15) is 0 Å². The van der Waals surface area contributed by atoms with Crippen molar-refractivity contribution in [3.05, 3.63) is 0 Å². The summed E-state index contributed by atoms with van der Waals surface area (Å²) in [5.74, 6) is 1.43. The van der Waals surface area contributed by atoms with E-state index in [0.29, 0.717) is 17.9 Å². The summed E-state index contributed by atoms with van der Waals surface area (Å²) in [4.78, 5) is 0. The van der Waals surface area contributed by atoms with E-state index in [1.54, 1.807) is 0 Å². The van der Waals surface area contributed by atoms with E-state index in [0.717, 1.165) is 31.6 Å². The second-order valence-electron chi connectivity index (χ2n) is 9.27. The highest BCUT2D eigenvalue weighted by Gasteiger charge is 2.53. The summed E-state index contributed by atoms with van der Waals surface area (Å²) in [6.07, 6.45) is 10.3. The summed E-state index contributed by atoms with van der Waals surface area (Å²) in [6.45, 7) is 9.98. The van der Waals surface area contributed by atoms with Crippen LogP contribution in [0.4, 0.5) is 0 Å². The summed E-state index contributed by atoms with van der Waals surface area (Å²) < 4.78 is 0. The van der Waals surface area contributed by atoms with Crippen molar-refractivity contribution in [2.45, 2.75) is 91.1 Å². The van der Waals surface area contributed by atoms with Crippen molar-refractivity contribution >= 4 is 0 Å². The van der Waals surface area contributed by atoms with Crippen molar-refractivity contribution in [3.8, 4) is 0 Å². The number of rotatable bonds is 4. The molecule has 0 aromatic carbocycles. The molecule has 2 unspecified atom stereocenters. The van der Waals surface area contributed by atoms with Crippen molar-refractivity contribution in [1.29, 1.82) is 0 Å². The minimum Gasteiger partial charge on any atom is -0.389 e. The summed E-state index contributed by atoms with van der Waals surface area (Å²) in [6, 6.07) is 0. The fourth-order valence-electron chi connectivity index (χ4n) is 4.98. The summed E-state index contributed by atoms with van der Waals surface area (Å²) in [5, 5.41) is 11.5.